The number of carbonyl (C=O) groups excluding carboxylic acids is 3. The molecule has 4 rings (SSSR count). The van der Waals surface area contributed by atoms with E-state index in [0.29, 0.717) is 41.2 Å². The van der Waals surface area contributed by atoms with Gasteiger partial charge in [0.05, 0.1) is 6.42 Å². The van der Waals surface area contributed by atoms with Crippen LogP contribution in [-0.2, 0) is 14.3 Å². The topological polar surface area (TPSA) is 128 Å². The molecule has 3 aromatic rings. The van der Waals surface area contributed by atoms with Gasteiger partial charge in [0.15, 0.2) is 23.9 Å². The van der Waals surface area contributed by atoms with E-state index < -0.39 is 18.5 Å². The third-order valence-electron chi connectivity index (χ3n) is 4.75. The lowest BCUT2D eigenvalue weighted by atomic mass is 10.1. The Kier molecular flexibility index (Phi) is 6.03. The van der Waals surface area contributed by atoms with Crippen molar-refractivity contribution in [3.63, 3.8) is 0 Å². The first kappa shape index (κ1) is 20.9. The van der Waals surface area contributed by atoms with Crippen LogP contribution in [0, 0.1) is 11.3 Å². The monoisotopic (exact) mass is 434 g/mol. The highest BCUT2D eigenvalue weighted by molar-refractivity contribution is 6.03. The minimum atomic E-state index is -0.691. The van der Waals surface area contributed by atoms with Crippen LogP contribution in [0.4, 0.5) is 5.69 Å². The van der Waals surface area contributed by atoms with Crippen molar-refractivity contribution in [1.29, 1.82) is 5.26 Å². The van der Waals surface area contributed by atoms with Crippen LogP contribution in [0.3, 0.4) is 0 Å². The van der Waals surface area contributed by atoms with Gasteiger partial charge in [-0.2, -0.15) is 5.26 Å². The van der Waals surface area contributed by atoms with Crippen LogP contribution in [-0.4, -0.2) is 37.5 Å². The molecule has 0 saturated carbocycles. The van der Waals surface area contributed by atoms with E-state index in [1.165, 1.54) is 0 Å². The molecule has 1 aliphatic rings. The number of fused-ring (bicyclic) bond motifs is 2. The lowest BCUT2D eigenvalue weighted by Crippen LogP contribution is -2.21. The normalized spacial score (nSPS) is 12.1. The van der Waals surface area contributed by atoms with Gasteiger partial charge in [0.1, 0.15) is 30.6 Å². The molecule has 0 radical (unpaired) electrons. The Bertz CT molecular complexity index is 1240. The van der Waals surface area contributed by atoms with E-state index in [1.807, 2.05) is 6.07 Å². The van der Waals surface area contributed by atoms with Crippen LogP contribution in [0.2, 0.25) is 0 Å². The van der Waals surface area contributed by atoms with Gasteiger partial charge in [0.25, 0.3) is 5.91 Å². The zero-order valence-electron chi connectivity index (χ0n) is 16.9. The summed E-state index contributed by atoms with van der Waals surface area (Å²) in [7, 11) is 0. The molecule has 9 heteroatoms. The predicted octanol–water partition coefficient (Wildman–Crippen LogP) is 3.22. The molecule has 1 N–H and O–H groups in total. The number of ether oxygens (including phenoxy) is 3. The number of carbonyl (C=O) groups is 3. The Balaban J connectivity index is 1.28. The highest BCUT2D eigenvalue weighted by Gasteiger charge is 2.19. The van der Waals surface area contributed by atoms with Crippen LogP contribution in [0.25, 0.3) is 11.0 Å². The van der Waals surface area contributed by atoms with Crippen molar-refractivity contribution in [2.75, 3.05) is 25.1 Å². The number of rotatable bonds is 7. The Labute approximate surface area is 182 Å². The Morgan fingerprint density at radius 2 is 1.81 bits per heavy atom. The second-order valence-corrected chi connectivity index (χ2v) is 6.90. The molecule has 2 aromatic carbocycles. The molecule has 0 bridgehead atoms. The molecular formula is C23H18N2O7. The summed E-state index contributed by atoms with van der Waals surface area (Å²) in [5.41, 5.74) is 1.07. The van der Waals surface area contributed by atoms with Crippen molar-refractivity contribution in [2.24, 2.45) is 0 Å². The number of anilines is 1. The van der Waals surface area contributed by atoms with Crippen molar-refractivity contribution >= 4 is 34.3 Å². The number of nitriles is 1. The molecule has 0 fully saturated rings. The van der Waals surface area contributed by atoms with Gasteiger partial charge in [0.2, 0.25) is 5.76 Å². The number of para-hydroxylation sites is 1. The van der Waals surface area contributed by atoms with E-state index in [1.54, 1.807) is 42.5 Å². The van der Waals surface area contributed by atoms with Gasteiger partial charge >= 0.3 is 5.97 Å². The Hall–Kier alpha value is -4.32. The van der Waals surface area contributed by atoms with E-state index >= 15 is 0 Å². The molecule has 0 atom stereocenters. The maximum Gasteiger partial charge on any atom is 0.306 e. The molecule has 0 unspecified atom stereocenters. The number of ketones is 1. The van der Waals surface area contributed by atoms with Gasteiger partial charge in [0, 0.05) is 17.4 Å². The molecule has 9 nitrogen and oxygen atoms in total. The molecule has 1 aliphatic heterocycles. The fourth-order valence-corrected chi connectivity index (χ4v) is 3.22. The largest absolute Gasteiger partial charge is 0.486 e. The fraction of sp³-hybridized carbons (Fsp3) is 0.217. The summed E-state index contributed by atoms with van der Waals surface area (Å²) < 4.78 is 21.2. The van der Waals surface area contributed by atoms with Crippen molar-refractivity contribution < 1.29 is 33.0 Å². The SMILES string of the molecule is N#Cc1oc2ccccc2c1NC(=O)COC(=O)CCC(=O)c1ccc2c(c1)OCCO2. The summed E-state index contributed by atoms with van der Waals surface area (Å²) in [5.74, 6) is -0.556. The van der Waals surface area contributed by atoms with E-state index in [4.69, 9.17) is 18.6 Å². The number of nitrogens with one attached hydrogen (secondary N) is 1. The summed E-state index contributed by atoms with van der Waals surface area (Å²) >= 11 is 0. The molecule has 2 heterocycles. The van der Waals surface area contributed by atoms with Gasteiger partial charge in [-0.3, -0.25) is 14.4 Å². The molecule has 0 aliphatic carbocycles. The van der Waals surface area contributed by atoms with Gasteiger partial charge < -0.3 is 23.9 Å². The van der Waals surface area contributed by atoms with Crippen LogP contribution in [0.5, 0.6) is 11.5 Å². The first-order valence-corrected chi connectivity index (χ1v) is 9.85. The van der Waals surface area contributed by atoms with Crippen LogP contribution in [0.15, 0.2) is 46.9 Å². The standard InChI is InChI=1S/C23H18N2O7/c24-12-20-23(15-3-1-2-4-17(15)32-20)25-21(27)13-31-22(28)8-6-16(26)14-5-7-18-19(11-14)30-10-9-29-18/h1-5,7,11H,6,8-10,13H2,(H,25,27). The van der Waals surface area contributed by atoms with Crippen LogP contribution >= 0.6 is 0 Å². The second-order valence-electron chi connectivity index (χ2n) is 6.90. The van der Waals surface area contributed by atoms with Crippen molar-refractivity contribution in [2.45, 2.75) is 12.8 Å². The number of hydrogen-bond donors (Lipinski definition) is 1. The number of Topliss-reactive ketones (excluding diaryl/α,β-unsaturated/α-hetero) is 1. The number of amides is 1. The second kappa shape index (κ2) is 9.22. The Morgan fingerprint density at radius 1 is 1.03 bits per heavy atom. The van der Waals surface area contributed by atoms with Gasteiger partial charge in [-0.05, 0) is 30.3 Å². The molecule has 0 saturated heterocycles. The highest BCUT2D eigenvalue weighted by atomic mass is 16.6. The van der Waals surface area contributed by atoms with Crippen molar-refractivity contribution in [3.8, 4) is 17.6 Å². The quantitative estimate of drug-likeness (QED) is 0.443. The first-order valence-electron chi connectivity index (χ1n) is 9.85. The minimum Gasteiger partial charge on any atom is -0.486 e. The van der Waals surface area contributed by atoms with Gasteiger partial charge in [-0.1, -0.05) is 12.1 Å². The number of esters is 1. The number of nitrogens with zero attached hydrogens (tertiary/aromatic N) is 1. The highest BCUT2D eigenvalue weighted by Crippen LogP contribution is 2.31. The summed E-state index contributed by atoms with van der Waals surface area (Å²) in [6.45, 7) is 0.305. The average molecular weight is 434 g/mol. The maximum atomic E-state index is 12.4. The number of furan rings is 1. The van der Waals surface area contributed by atoms with Crippen LogP contribution in [0.1, 0.15) is 29.0 Å². The molecular weight excluding hydrogens is 416 g/mol. The van der Waals surface area contributed by atoms with Crippen molar-refractivity contribution in [1.82, 2.24) is 0 Å². The summed E-state index contributed by atoms with van der Waals surface area (Å²) in [5, 5.41) is 12.3. The van der Waals surface area contributed by atoms with Gasteiger partial charge in [-0.15, -0.1) is 0 Å². The van der Waals surface area contributed by atoms with Crippen molar-refractivity contribution in [3.05, 3.63) is 53.8 Å². The molecule has 32 heavy (non-hydrogen) atoms. The molecule has 0 spiro atoms. The zero-order chi connectivity index (χ0) is 22.5. The first-order chi connectivity index (χ1) is 15.5. The molecule has 162 valence electrons. The number of benzene rings is 2. The summed E-state index contributed by atoms with van der Waals surface area (Å²) in [6, 6.07) is 13.6. The fourth-order valence-electron chi connectivity index (χ4n) is 3.22. The van der Waals surface area contributed by atoms with Crippen LogP contribution < -0.4 is 14.8 Å². The predicted molar refractivity (Wildman–Crippen MR) is 112 cm³/mol. The van der Waals surface area contributed by atoms with E-state index in [0.717, 1.165) is 0 Å². The molecule has 1 aromatic heterocycles. The van der Waals surface area contributed by atoms with E-state index in [9.17, 15) is 19.6 Å². The van der Waals surface area contributed by atoms with Gasteiger partial charge in [-0.25, -0.2) is 0 Å². The number of hydrogen-bond acceptors (Lipinski definition) is 8. The minimum absolute atomic E-state index is 0.0455. The third-order valence-corrected chi connectivity index (χ3v) is 4.75. The lowest BCUT2D eigenvalue weighted by molar-refractivity contribution is -0.147. The average Bonchev–Trinajstić information content (AvgIpc) is 3.18. The third kappa shape index (κ3) is 4.54. The van der Waals surface area contributed by atoms with E-state index in [-0.39, 0.29) is 30.1 Å². The molecule has 1 amide bonds. The smallest absolute Gasteiger partial charge is 0.306 e. The maximum absolute atomic E-state index is 12.4. The lowest BCUT2D eigenvalue weighted by Gasteiger charge is -2.18. The zero-order valence-corrected chi connectivity index (χ0v) is 16.9. The summed E-state index contributed by atoms with van der Waals surface area (Å²) in [6.07, 6.45) is -0.260. The Morgan fingerprint density at radius 3 is 2.62 bits per heavy atom. The summed E-state index contributed by atoms with van der Waals surface area (Å²) in [4.78, 5) is 36.5. The van der Waals surface area contributed by atoms with E-state index in [2.05, 4.69) is 5.32 Å².